The van der Waals surface area contributed by atoms with Crippen LogP contribution in [0.15, 0.2) is 36.7 Å². The number of aromatic amines is 1. The van der Waals surface area contributed by atoms with Gasteiger partial charge >= 0.3 is 0 Å². The second-order valence-corrected chi connectivity index (χ2v) is 8.34. The molecular weight excluding hydrogens is 459 g/mol. The summed E-state index contributed by atoms with van der Waals surface area (Å²) in [6, 6.07) is 8.73. The van der Waals surface area contributed by atoms with E-state index in [2.05, 4.69) is 19.9 Å². The van der Waals surface area contributed by atoms with Gasteiger partial charge in [0.15, 0.2) is 23.1 Å². The van der Waals surface area contributed by atoms with Crippen LogP contribution in [0.2, 0.25) is 0 Å². The molecule has 0 amide bonds. The lowest BCUT2D eigenvalue weighted by atomic mass is 10.2. The lowest BCUT2D eigenvalue weighted by Crippen LogP contribution is -2.21. The molecule has 0 aliphatic carbocycles. The summed E-state index contributed by atoms with van der Waals surface area (Å²) in [7, 11) is 1.59. The van der Waals surface area contributed by atoms with E-state index in [1.54, 1.807) is 31.4 Å². The summed E-state index contributed by atoms with van der Waals surface area (Å²) in [6.45, 7) is 5.86. The van der Waals surface area contributed by atoms with Crippen LogP contribution in [0.5, 0.6) is 23.1 Å². The predicted molar refractivity (Wildman–Crippen MR) is 132 cm³/mol. The highest BCUT2D eigenvalue weighted by Gasteiger charge is 2.17. The second-order valence-electron chi connectivity index (χ2n) is 8.34. The fourth-order valence-electron chi connectivity index (χ4n) is 4.34. The average Bonchev–Trinajstić information content (AvgIpc) is 3.47. The Morgan fingerprint density at radius 3 is 2.65 bits per heavy atom. The number of benzene rings is 2. The Morgan fingerprint density at radius 1 is 1.03 bits per heavy atom. The van der Waals surface area contributed by atoms with Gasteiger partial charge in [-0.05, 0) is 63.5 Å². The van der Waals surface area contributed by atoms with Crippen molar-refractivity contribution in [1.82, 2.24) is 19.9 Å². The predicted octanol–water partition coefficient (Wildman–Crippen LogP) is 5.65. The Balaban J connectivity index is 0.00000274. The molecule has 1 aliphatic rings. The molecule has 1 fully saturated rings. The number of aryl methyl sites for hydroxylation is 1. The fourth-order valence-corrected chi connectivity index (χ4v) is 4.34. The van der Waals surface area contributed by atoms with Gasteiger partial charge in [0.2, 0.25) is 5.88 Å². The van der Waals surface area contributed by atoms with Gasteiger partial charge in [-0.15, -0.1) is 12.4 Å². The van der Waals surface area contributed by atoms with Crippen LogP contribution in [0.4, 0.5) is 4.39 Å². The van der Waals surface area contributed by atoms with Gasteiger partial charge in [0.1, 0.15) is 6.33 Å². The first-order valence-electron chi connectivity index (χ1n) is 11.3. The Hall–Kier alpha value is -3.10. The number of likely N-dealkylation sites (tertiary alicyclic amines) is 1. The zero-order valence-electron chi connectivity index (χ0n) is 19.3. The number of nitrogens with one attached hydrogen (secondary N) is 1. The number of H-pyrrole nitrogens is 1. The summed E-state index contributed by atoms with van der Waals surface area (Å²) >= 11 is 0. The molecule has 0 saturated carbocycles. The van der Waals surface area contributed by atoms with Crippen LogP contribution in [0, 0.1) is 12.7 Å². The molecule has 5 rings (SSSR count). The van der Waals surface area contributed by atoms with E-state index in [0.717, 1.165) is 24.2 Å². The Bertz CT molecular complexity index is 1290. The van der Waals surface area contributed by atoms with Crippen molar-refractivity contribution in [3.63, 3.8) is 0 Å². The minimum atomic E-state index is -0.437. The molecule has 0 bridgehead atoms. The van der Waals surface area contributed by atoms with E-state index in [1.165, 1.54) is 32.3 Å². The zero-order chi connectivity index (χ0) is 22.8. The molecule has 0 unspecified atom stereocenters. The molecule has 1 N–H and O–H groups in total. The number of fused-ring (bicyclic) bond motifs is 2. The molecule has 180 valence electrons. The minimum absolute atomic E-state index is 0. The van der Waals surface area contributed by atoms with Crippen LogP contribution < -0.4 is 14.2 Å². The molecular formula is C25H28ClFN4O3. The first-order valence-corrected chi connectivity index (χ1v) is 11.3. The molecule has 0 atom stereocenters. The zero-order valence-corrected chi connectivity index (χ0v) is 20.1. The van der Waals surface area contributed by atoms with Crippen molar-refractivity contribution in [1.29, 1.82) is 0 Å². The number of hydrogen-bond donors (Lipinski definition) is 1. The van der Waals surface area contributed by atoms with Gasteiger partial charge < -0.3 is 24.1 Å². The Kier molecular flexibility index (Phi) is 7.38. The molecule has 0 spiro atoms. The fraction of sp³-hybridized carbons (Fsp3) is 0.360. The SMILES string of the molecule is COc1cc2c(Oc3ccc4[nH]c(C)cc4c3F)ncnc2cc1OCCCN1CCCC1.Cl. The first kappa shape index (κ1) is 24.0. The smallest absolute Gasteiger partial charge is 0.230 e. The van der Waals surface area contributed by atoms with Crippen molar-refractivity contribution in [3.8, 4) is 23.1 Å². The molecule has 2 aromatic carbocycles. The molecule has 3 heterocycles. The van der Waals surface area contributed by atoms with E-state index in [1.807, 2.05) is 13.0 Å². The lowest BCUT2D eigenvalue weighted by molar-refractivity contribution is 0.254. The summed E-state index contributed by atoms with van der Waals surface area (Å²) in [5, 5.41) is 1.09. The summed E-state index contributed by atoms with van der Waals surface area (Å²) < 4.78 is 32.5. The van der Waals surface area contributed by atoms with E-state index in [4.69, 9.17) is 14.2 Å². The van der Waals surface area contributed by atoms with Gasteiger partial charge in [-0.1, -0.05) is 0 Å². The number of rotatable bonds is 8. The monoisotopic (exact) mass is 486 g/mol. The van der Waals surface area contributed by atoms with E-state index >= 15 is 4.39 Å². The van der Waals surface area contributed by atoms with Gasteiger partial charge in [0.25, 0.3) is 0 Å². The maximum atomic E-state index is 15.0. The molecule has 4 aromatic rings. The van der Waals surface area contributed by atoms with E-state index < -0.39 is 5.82 Å². The Labute approximate surface area is 203 Å². The van der Waals surface area contributed by atoms with Crippen molar-refractivity contribution in [2.45, 2.75) is 26.2 Å². The molecule has 9 heteroatoms. The second kappa shape index (κ2) is 10.4. The normalized spacial score (nSPS) is 13.9. The summed E-state index contributed by atoms with van der Waals surface area (Å²) in [6.07, 6.45) is 4.91. The number of ether oxygens (including phenoxy) is 3. The summed E-state index contributed by atoms with van der Waals surface area (Å²) in [5.41, 5.74) is 2.23. The van der Waals surface area contributed by atoms with Crippen molar-refractivity contribution < 1.29 is 18.6 Å². The number of hydrogen-bond acceptors (Lipinski definition) is 6. The molecule has 1 saturated heterocycles. The van der Waals surface area contributed by atoms with Crippen molar-refractivity contribution in [2.24, 2.45) is 0 Å². The molecule has 0 radical (unpaired) electrons. The Morgan fingerprint density at radius 2 is 1.85 bits per heavy atom. The van der Waals surface area contributed by atoms with Crippen LogP contribution in [-0.4, -0.2) is 53.2 Å². The molecule has 2 aromatic heterocycles. The van der Waals surface area contributed by atoms with Crippen LogP contribution in [0.25, 0.3) is 21.8 Å². The van der Waals surface area contributed by atoms with Crippen molar-refractivity contribution in [2.75, 3.05) is 33.4 Å². The third kappa shape index (κ3) is 4.88. The highest BCUT2D eigenvalue weighted by molar-refractivity contribution is 5.87. The van der Waals surface area contributed by atoms with Gasteiger partial charge in [-0.25, -0.2) is 14.4 Å². The topological polar surface area (TPSA) is 72.5 Å². The van der Waals surface area contributed by atoms with Gasteiger partial charge in [-0.2, -0.15) is 0 Å². The first-order chi connectivity index (χ1) is 16.1. The van der Waals surface area contributed by atoms with Crippen molar-refractivity contribution in [3.05, 3.63) is 48.2 Å². The molecule has 34 heavy (non-hydrogen) atoms. The average molecular weight is 487 g/mol. The third-order valence-corrected chi connectivity index (χ3v) is 6.00. The van der Waals surface area contributed by atoms with Crippen molar-refractivity contribution >= 4 is 34.2 Å². The summed E-state index contributed by atoms with van der Waals surface area (Å²) in [4.78, 5) is 14.2. The van der Waals surface area contributed by atoms with E-state index in [0.29, 0.717) is 34.4 Å². The highest BCUT2D eigenvalue weighted by Crippen LogP contribution is 2.37. The lowest BCUT2D eigenvalue weighted by Gasteiger charge is -2.16. The molecule has 1 aliphatic heterocycles. The largest absolute Gasteiger partial charge is 0.493 e. The standard InChI is InChI=1S/C25H27FN4O3.ClH/c1-16-12-17-19(29-16)6-7-21(24(17)26)33-25-18-13-22(31-2)23(14-20(18)27-15-28-25)32-11-5-10-30-8-3-4-9-30;/h6-7,12-15,29H,3-5,8-11H2,1-2H3;1H. The van der Waals surface area contributed by atoms with Crippen LogP contribution in [0.3, 0.4) is 0 Å². The van der Waals surface area contributed by atoms with Gasteiger partial charge in [0.05, 0.1) is 24.6 Å². The van der Waals surface area contributed by atoms with Crippen LogP contribution in [-0.2, 0) is 0 Å². The summed E-state index contributed by atoms with van der Waals surface area (Å²) in [5.74, 6) is 1.09. The number of halogens is 2. The van der Waals surface area contributed by atoms with Gasteiger partial charge in [-0.3, -0.25) is 0 Å². The van der Waals surface area contributed by atoms with Gasteiger partial charge in [0, 0.05) is 29.2 Å². The molecule has 7 nitrogen and oxygen atoms in total. The number of aromatic nitrogens is 3. The van der Waals surface area contributed by atoms with E-state index in [9.17, 15) is 0 Å². The maximum Gasteiger partial charge on any atom is 0.230 e. The number of methoxy groups -OCH3 is 1. The third-order valence-electron chi connectivity index (χ3n) is 6.00. The van der Waals surface area contributed by atoms with Crippen LogP contribution in [0.1, 0.15) is 25.0 Å². The highest BCUT2D eigenvalue weighted by atomic mass is 35.5. The minimum Gasteiger partial charge on any atom is -0.493 e. The van der Waals surface area contributed by atoms with Crippen LogP contribution >= 0.6 is 12.4 Å². The maximum absolute atomic E-state index is 15.0. The quantitative estimate of drug-likeness (QED) is 0.325. The van der Waals surface area contributed by atoms with E-state index in [-0.39, 0.29) is 24.0 Å². The number of nitrogens with zero attached hydrogens (tertiary/aromatic N) is 3.